The fourth-order valence-electron chi connectivity index (χ4n) is 1.22. The standard InChI is InChI=1S/C10H17N3O/c1-2-14-7-9(11)5-8-6-13-4-3-10(8)12/h3-4,6,9H,2,5,7,11H2,1H3,(H2,12,13). The largest absolute Gasteiger partial charge is 0.398 e. The maximum Gasteiger partial charge on any atom is 0.0620 e. The van der Waals surface area contributed by atoms with Crippen LogP contribution < -0.4 is 11.5 Å². The molecule has 0 aromatic carbocycles. The molecule has 0 radical (unpaired) electrons. The van der Waals surface area contributed by atoms with Crippen LogP contribution in [0.2, 0.25) is 0 Å². The van der Waals surface area contributed by atoms with E-state index in [0.717, 1.165) is 11.3 Å². The Morgan fingerprint density at radius 1 is 1.57 bits per heavy atom. The minimum absolute atomic E-state index is 0.0125. The summed E-state index contributed by atoms with van der Waals surface area (Å²) in [6.45, 7) is 3.20. The van der Waals surface area contributed by atoms with Gasteiger partial charge in [-0.1, -0.05) is 0 Å². The predicted molar refractivity (Wildman–Crippen MR) is 56.8 cm³/mol. The molecule has 1 heterocycles. The minimum Gasteiger partial charge on any atom is -0.398 e. The fourth-order valence-corrected chi connectivity index (χ4v) is 1.22. The topological polar surface area (TPSA) is 74.2 Å². The summed E-state index contributed by atoms with van der Waals surface area (Å²) >= 11 is 0. The maximum atomic E-state index is 5.85. The van der Waals surface area contributed by atoms with Crippen LogP contribution in [0.3, 0.4) is 0 Å². The number of pyridine rings is 1. The molecule has 1 rings (SSSR count). The first-order valence-electron chi connectivity index (χ1n) is 4.75. The van der Waals surface area contributed by atoms with Crippen LogP contribution in [-0.2, 0) is 11.2 Å². The molecule has 0 bridgehead atoms. The lowest BCUT2D eigenvalue weighted by molar-refractivity contribution is 0.133. The van der Waals surface area contributed by atoms with E-state index >= 15 is 0 Å². The van der Waals surface area contributed by atoms with Crippen LogP contribution in [-0.4, -0.2) is 24.2 Å². The van der Waals surface area contributed by atoms with E-state index in [1.165, 1.54) is 0 Å². The Balaban J connectivity index is 2.47. The highest BCUT2D eigenvalue weighted by molar-refractivity contribution is 5.44. The van der Waals surface area contributed by atoms with Crippen molar-refractivity contribution >= 4 is 5.69 Å². The summed E-state index contributed by atoms with van der Waals surface area (Å²) in [7, 11) is 0. The average molecular weight is 195 g/mol. The molecule has 0 spiro atoms. The lowest BCUT2D eigenvalue weighted by Crippen LogP contribution is -2.29. The van der Waals surface area contributed by atoms with Gasteiger partial charge in [0.05, 0.1) is 6.61 Å². The first-order valence-corrected chi connectivity index (χ1v) is 4.75. The summed E-state index contributed by atoms with van der Waals surface area (Å²) in [6.07, 6.45) is 4.13. The Morgan fingerprint density at radius 2 is 2.36 bits per heavy atom. The maximum absolute atomic E-state index is 5.85. The molecule has 1 aromatic rings. The Morgan fingerprint density at radius 3 is 3.00 bits per heavy atom. The molecular formula is C10H17N3O. The first kappa shape index (κ1) is 10.9. The van der Waals surface area contributed by atoms with Gasteiger partial charge in [0.1, 0.15) is 0 Å². The molecule has 1 atom stereocenters. The molecule has 0 saturated carbocycles. The highest BCUT2D eigenvalue weighted by Gasteiger charge is 2.06. The van der Waals surface area contributed by atoms with E-state index in [1.54, 1.807) is 18.5 Å². The van der Waals surface area contributed by atoms with Gasteiger partial charge in [0.25, 0.3) is 0 Å². The van der Waals surface area contributed by atoms with E-state index in [2.05, 4.69) is 4.98 Å². The van der Waals surface area contributed by atoms with Crippen LogP contribution >= 0.6 is 0 Å². The molecule has 0 fully saturated rings. The van der Waals surface area contributed by atoms with Gasteiger partial charge >= 0.3 is 0 Å². The lowest BCUT2D eigenvalue weighted by Gasteiger charge is -2.12. The van der Waals surface area contributed by atoms with Crippen LogP contribution in [0.1, 0.15) is 12.5 Å². The SMILES string of the molecule is CCOCC(N)Cc1cnccc1N. The lowest BCUT2D eigenvalue weighted by atomic mass is 10.1. The van der Waals surface area contributed by atoms with Gasteiger partial charge in [-0.25, -0.2) is 0 Å². The van der Waals surface area contributed by atoms with Gasteiger partial charge in [0, 0.05) is 30.7 Å². The van der Waals surface area contributed by atoms with Gasteiger partial charge in [0.15, 0.2) is 0 Å². The zero-order valence-electron chi connectivity index (χ0n) is 8.44. The third kappa shape index (κ3) is 3.32. The van der Waals surface area contributed by atoms with E-state index < -0.39 is 0 Å². The second kappa shape index (κ2) is 5.57. The summed E-state index contributed by atoms with van der Waals surface area (Å²) < 4.78 is 5.22. The van der Waals surface area contributed by atoms with Crippen molar-refractivity contribution in [1.29, 1.82) is 0 Å². The molecule has 0 amide bonds. The van der Waals surface area contributed by atoms with Gasteiger partial charge in [-0.2, -0.15) is 0 Å². The number of ether oxygens (including phenoxy) is 1. The number of nitrogen functional groups attached to an aromatic ring is 1. The van der Waals surface area contributed by atoms with E-state index in [9.17, 15) is 0 Å². The normalized spacial score (nSPS) is 12.7. The Labute approximate surface area is 84.3 Å². The van der Waals surface area contributed by atoms with Crippen molar-refractivity contribution in [3.8, 4) is 0 Å². The summed E-state index contributed by atoms with van der Waals surface area (Å²) in [5.74, 6) is 0. The van der Waals surface area contributed by atoms with Gasteiger partial charge < -0.3 is 16.2 Å². The highest BCUT2D eigenvalue weighted by Crippen LogP contribution is 2.10. The van der Waals surface area contributed by atoms with Gasteiger partial charge in [-0.15, -0.1) is 0 Å². The average Bonchev–Trinajstić information content (AvgIpc) is 2.18. The third-order valence-electron chi connectivity index (χ3n) is 1.96. The highest BCUT2D eigenvalue weighted by atomic mass is 16.5. The zero-order valence-corrected chi connectivity index (χ0v) is 8.44. The van der Waals surface area contributed by atoms with Crippen molar-refractivity contribution in [2.75, 3.05) is 18.9 Å². The molecule has 0 aliphatic carbocycles. The van der Waals surface area contributed by atoms with Crippen LogP contribution in [0.15, 0.2) is 18.5 Å². The van der Waals surface area contributed by atoms with E-state index in [-0.39, 0.29) is 6.04 Å². The van der Waals surface area contributed by atoms with E-state index in [1.807, 2.05) is 6.92 Å². The third-order valence-corrected chi connectivity index (χ3v) is 1.96. The predicted octanol–water partition coefficient (Wildman–Crippen LogP) is 0.570. The molecule has 4 heteroatoms. The number of rotatable bonds is 5. The monoisotopic (exact) mass is 195 g/mol. The van der Waals surface area contributed by atoms with Gasteiger partial charge in [-0.3, -0.25) is 4.98 Å². The van der Waals surface area contributed by atoms with E-state index in [0.29, 0.717) is 19.6 Å². The number of hydrogen-bond donors (Lipinski definition) is 2. The molecule has 4 nitrogen and oxygen atoms in total. The Bertz CT molecular complexity index is 278. The van der Waals surface area contributed by atoms with Crippen molar-refractivity contribution in [3.05, 3.63) is 24.0 Å². The molecule has 1 aromatic heterocycles. The summed E-state index contributed by atoms with van der Waals surface area (Å²) in [6, 6.07) is 1.77. The zero-order chi connectivity index (χ0) is 10.4. The molecule has 0 aliphatic rings. The number of nitrogens with two attached hydrogens (primary N) is 2. The molecule has 78 valence electrons. The number of anilines is 1. The second-order valence-corrected chi connectivity index (χ2v) is 3.20. The Hall–Kier alpha value is -1.13. The molecule has 0 saturated heterocycles. The van der Waals surface area contributed by atoms with Crippen molar-refractivity contribution in [1.82, 2.24) is 4.98 Å². The van der Waals surface area contributed by atoms with Crippen LogP contribution in [0.5, 0.6) is 0 Å². The molecular weight excluding hydrogens is 178 g/mol. The van der Waals surface area contributed by atoms with Crippen molar-refractivity contribution < 1.29 is 4.74 Å². The van der Waals surface area contributed by atoms with Crippen LogP contribution in [0, 0.1) is 0 Å². The fraction of sp³-hybridized carbons (Fsp3) is 0.500. The minimum atomic E-state index is -0.0125. The van der Waals surface area contributed by atoms with Crippen molar-refractivity contribution in [2.24, 2.45) is 5.73 Å². The van der Waals surface area contributed by atoms with Crippen LogP contribution in [0.4, 0.5) is 5.69 Å². The van der Waals surface area contributed by atoms with Crippen LogP contribution in [0.25, 0.3) is 0 Å². The quantitative estimate of drug-likeness (QED) is 0.720. The van der Waals surface area contributed by atoms with Gasteiger partial charge in [-0.05, 0) is 25.0 Å². The second-order valence-electron chi connectivity index (χ2n) is 3.20. The van der Waals surface area contributed by atoms with Crippen molar-refractivity contribution in [2.45, 2.75) is 19.4 Å². The number of aromatic nitrogens is 1. The first-order chi connectivity index (χ1) is 6.74. The molecule has 1 unspecified atom stereocenters. The number of nitrogens with zero attached hydrogens (tertiary/aromatic N) is 1. The molecule has 0 aliphatic heterocycles. The summed E-state index contributed by atoms with van der Waals surface area (Å²) in [5.41, 5.74) is 13.3. The summed E-state index contributed by atoms with van der Waals surface area (Å²) in [4.78, 5) is 4.00. The van der Waals surface area contributed by atoms with Crippen molar-refractivity contribution in [3.63, 3.8) is 0 Å². The molecule has 14 heavy (non-hydrogen) atoms. The molecule has 4 N–H and O–H groups in total. The smallest absolute Gasteiger partial charge is 0.0620 e. The van der Waals surface area contributed by atoms with E-state index in [4.69, 9.17) is 16.2 Å². The Kier molecular flexibility index (Phi) is 4.35. The number of hydrogen-bond acceptors (Lipinski definition) is 4. The summed E-state index contributed by atoms with van der Waals surface area (Å²) in [5, 5.41) is 0. The van der Waals surface area contributed by atoms with Gasteiger partial charge in [0.2, 0.25) is 0 Å².